The van der Waals surface area contributed by atoms with E-state index in [-0.39, 0.29) is 11.9 Å². The van der Waals surface area contributed by atoms with Crippen molar-refractivity contribution in [2.75, 3.05) is 26.3 Å². The molecule has 0 N–H and O–H groups in total. The molecule has 0 saturated carbocycles. The highest BCUT2D eigenvalue weighted by Crippen LogP contribution is 2.21. The summed E-state index contributed by atoms with van der Waals surface area (Å²) >= 11 is 0. The molecule has 2 aliphatic rings. The van der Waals surface area contributed by atoms with Gasteiger partial charge in [0.2, 0.25) is 11.7 Å². The Morgan fingerprint density at radius 3 is 2.85 bits per heavy atom. The van der Waals surface area contributed by atoms with E-state index in [1.165, 1.54) is 6.07 Å². The van der Waals surface area contributed by atoms with E-state index < -0.39 is 0 Å². The molecular formula is C20H26FN3O3. The molecule has 2 fully saturated rings. The normalized spacial score (nSPS) is 21.8. The first-order valence-electron chi connectivity index (χ1n) is 9.72. The molecule has 2 aromatic rings. The molecular weight excluding hydrogens is 349 g/mol. The summed E-state index contributed by atoms with van der Waals surface area (Å²) < 4.78 is 30.4. The van der Waals surface area contributed by atoms with Crippen LogP contribution in [-0.2, 0) is 16.0 Å². The Kier molecular flexibility index (Phi) is 5.80. The van der Waals surface area contributed by atoms with Gasteiger partial charge in [0.15, 0.2) is 0 Å². The number of aromatic nitrogens is 2. The number of nitrogens with zero attached hydrogens (tertiary/aromatic N) is 3. The number of hydrogen-bond acceptors (Lipinski definition) is 6. The van der Waals surface area contributed by atoms with E-state index in [9.17, 15) is 4.39 Å². The number of hydrogen-bond donors (Lipinski definition) is 0. The standard InChI is InChI=1S/C20H26FN3O3/c1-14-11-15(4-5-18(14)21)20-22-19(27-23-20)12-24-8-6-16(7-9-24)26-13-17-3-2-10-25-17/h4-5,11,16-17H,2-3,6-10,12-13H2,1H3/t17-/m1/s1. The van der Waals surface area contributed by atoms with Crippen LogP contribution in [0.1, 0.15) is 37.1 Å². The third-order valence-corrected chi connectivity index (χ3v) is 5.32. The van der Waals surface area contributed by atoms with Crippen molar-refractivity contribution in [3.8, 4) is 11.4 Å². The van der Waals surface area contributed by atoms with Gasteiger partial charge in [0.1, 0.15) is 5.82 Å². The van der Waals surface area contributed by atoms with Gasteiger partial charge in [0.25, 0.3) is 0 Å². The smallest absolute Gasteiger partial charge is 0.241 e. The molecule has 3 heterocycles. The molecule has 0 unspecified atom stereocenters. The molecule has 0 amide bonds. The van der Waals surface area contributed by atoms with E-state index in [1.807, 2.05) is 0 Å². The second-order valence-corrected chi connectivity index (χ2v) is 7.42. The van der Waals surface area contributed by atoms with E-state index in [0.717, 1.165) is 57.6 Å². The van der Waals surface area contributed by atoms with Crippen LogP contribution in [-0.4, -0.2) is 53.6 Å². The lowest BCUT2D eigenvalue weighted by Crippen LogP contribution is -2.37. The maximum atomic E-state index is 13.4. The van der Waals surface area contributed by atoms with Gasteiger partial charge in [-0.15, -0.1) is 0 Å². The average Bonchev–Trinajstić information content (AvgIpc) is 3.35. The highest BCUT2D eigenvalue weighted by Gasteiger charge is 2.24. The molecule has 0 radical (unpaired) electrons. The topological polar surface area (TPSA) is 60.6 Å². The van der Waals surface area contributed by atoms with E-state index in [1.54, 1.807) is 19.1 Å². The van der Waals surface area contributed by atoms with Crippen LogP contribution in [0.5, 0.6) is 0 Å². The van der Waals surface area contributed by atoms with Crippen molar-refractivity contribution in [3.63, 3.8) is 0 Å². The first kappa shape index (κ1) is 18.5. The minimum atomic E-state index is -0.230. The van der Waals surface area contributed by atoms with Crippen molar-refractivity contribution in [1.29, 1.82) is 0 Å². The number of aryl methyl sites for hydroxylation is 1. The molecule has 2 aliphatic heterocycles. The van der Waals surface area contributed by atoms with Crippen LogP contribution in [0.25, 0.3) is 11.4 Å². The van der Waals surface area contributed by atoms with Gasteiger partial charge in [-0.1, -0.05) is 5.16 Å². The van der Waals surface area contributed by atoms with Crippen LogP contribution >= 0.6 is 0 Å². The number of ether oxygens (including phenoxy) is 2. The van der Waals surface area contributed by atoms with E-state index in [4.69, 9.17) is 14.0 Å². The van der Waals surface area contributed by atoms with Crippen molar-refractivity contribution < 1.29 is 18.4 Å². The highest BCUT2D eigenvalue weighted by atomic mass is 19.1. The molecule has 27 heavy (non-hydrogen) atoms. The van der Waals surface area contributed by atoms with Gasteiger partial charge in [-0.3, -0.25) is 4.90 Å². The molecule has 1 atom stereocenters. The number of likely N-dealkylation sites (tertiary alicyclic amines) is 1. The maximum absolute atomic E-state index is 13.4. The van der Waals surface area contributed by atoms with Crippen LogP contribution in [0, 0.1) is 12.7 Å². The highest BCUT2D eigenvalue weighted by molar-refractivity contribution is 5.55. The molecule has 0 bridgehead atoms. The fourth-order valence-corrected chi connectivity index (χ4v) is 3.66. The fraction of sp³-hybridized carbons (Fsp3) is 0.600. The number of piperidine rings is 1. The minimum Gasteiger partial charge on any atom is -0.376 e. The summed E-state index contributed by atoms with van der Waals surface area (Å²) in [5.74, 6) is 0.862. The summed E-state index contributed by atoms with van der Waals surface area (Å²) in [6.07, 6.45) is 4.87. The first-order chi connectivity index (χ1) is 13.2. The molecule has 1 aromatic heterocycles. The molecule has 2 saturated heterocycles. The second-order valence-electron chi connectivity index (χ2n) is 7.42. The lowest BCUT2D eigenvalue weighted by Gasteiger charge is -2.31. The van der Waals surface area contributed by atoms with Crippen molar-refractivity contribution >= 4 is 0 Å². The lowest BCUT2D eigenvalue weighted by atomic mass is 10.1. The Labute approximate surface area is 158 Å². The van der Waals surface area contributed by atoms with Gasteiger partial charge in [-0.05, 0) is 56.4 Å². The quantitative estimate of drug-likeness (QED) is 0.772. The van der Waals surface area contributed by atoms with Gasteiger partial charge in [-0.25, -0.2) is 4.39 Å². The molecule has 0 aliphatic carbocycles. The molecule has 7 heteroatoms. The Hall–Kier alpha value is -1.83. The lowest BCUT2D eigenvalue weighted by molar-refractivity contribution is -0.0433. The van der Waals surface area contributed by atoms with Crippen LogP contribution in [0.2, 0.25) is 0 Å². The van der Waals surface area contributed by atoms with Crippen LogP contribution in [0.4, 0.5) is 4.39 Å². The van der Waals surface area contributed by atoms with Gasteiger partial charge in [-0.2, -0.15) is 4.98 Å². The zero-order chi connectivity index (χ0) is 18.6. The van der Waals surface area contributed by atoms with E-state index in [0.29, 0.717) is 29.9 Å². The van der Waals surface area contributed by atoms with Gasteiger partial charge >= 0.3 is 0 Å². The molecule has 146 valence electrons. The summed E-state index contributed by atoms with van der Waals surface area (Å²) in [6, 6.07) is 4.84. The molecule has 6 nitrogen and oxygen atoms in total. The summed E-state index contributed by atoms with van der Waals surface area (Å²) in [5.41, 5.74) is 1.34. The van der Waals surface area contributed by atoms with E-state index >= 15 is 0 Å². The van der Waals surface area contributed by atoms with Gasteiger partial charge in [0.05, 0.1) is 25.4 Å². The molecule has 0 spiro atoms. The molecule has 4 rings (SSSR count). The average molecular weight is 375 g/mol. The van der Waals surface area contributed by atoms with Crippen molar-refractivity contribution in [1.82, 2.24) is 15.0 Å². The monoisotopic (exact) mass is 375 g/mol. The largest absolute Gasteiger partial charge is 0.376 e. The van der Waals surface area contributed by atoms with E-state index in [2.05, 4.69) is 15.0 Å². The maximum Gasteiger partial charge on any atom is 0.241 e. The third-order valence-electron chi connectivity index (χ3n) is 5.32. The van der Waals surface area contributed by atoms with Crippen LogP contribution in [0.3, 0.4) is 0 Å². The number of benzene rings is 1. The van der Waals surface area contributed by atoms with Gasteiger partial charge in [0, 0.05) is 25.3 Å². The Morgan fingerprint density at radius 2 is 2.11 bits per heavy atom. The number of halogens is 1. The summed E-state index contributed by atoms with van der Waals surface area (Å²) in [6.45, 7) is 5.84. The summed E-state index contributed by atoms with van der Waals surface area (Å²) in [4.78, 5) is 6.77. The zero-order valence-electron chi connectivity index (χ0n) is 15.7. The predicted molar refractivity (Wildman–Crippen MR) is 97.7 cm³/mol. The third kappa shape index (κ3) is 4.72. The SMILES string of the molecule is Cc1cc(-c2noc(CN3CCC(OC[C@H]4CCCO4)CC3)n2)ccc1F. The predicted octanol–water partition coefficient (Wildman–Crippen LogP) is 3.34. The Balaban J connectivity index is 1.25. The van der Waals surface area contributed by atoms with Crippen LogP contribution < -0.4 is 0 Å². The fourth-order valence-electron chi connectivity index (χ4n) is 3.66. The molecule has 1 aromatic carbocycles. The second kappa shape index (κ2) is 8.46. The Morgan fingerprint density at radius 1 is 1.26 bits per heavy atom. The van der Waals surface area contributed by atoms with Gasteiger partial charge < -0.3 is 14.0 Å². The summed E-state index contributed by atoms with van der Waals surface area (Å²) in [5, 5.41) is 4.04. The first-order valence-corrected chi connectivity index (χ1v) is 9.72. The van der Waals surface area contributed by atoms with Crippen molar-refractivity contribution in [2.24, 2.45) is 0 Å². The van der Waals surface area contributed by atoms with Crippen molar-refractivity contribution in [3.05, 3.63) is 35.5 Å². The van der Waals surface area contributed by atoms with Crippen LogP contribution in [0.15, 0.2) is 22.7 Å². The van der Waals surface area contributed by atoms with Crippen molar-refractivity contribution in [2.45, 2.75) is 51.4 Å². The number of rotatable bonds is 6. The Bertz CT molecular complexity index is 753. The zero-order valence-corrected chi connectivity index (χ0v) is 15.7. The summed E-state index contributed by atoms with van der Waals surface area (Å²) in [7, 11) is 0. The minimum absolute atomic E-state index is 0.230.